The predicted molar refractivity (Wildman–Crippen MR) is 71.2 cm³/mol. The van der Waals surface area contributed by atoms with E-state index in [2.05, 4.69) is 18.3 Å². The first-order valence-electron chi connectivity index (χ1n) is 6.32. The van der Waals surface area contributed by atoms with Crippen LogP contribution in [0.1, 0.15) is 12.5 Å². The molecule has 0 saturated carbocycles. The highest BCUT2D eigenvalue weighted by molar-refractivity contribution is 5.51. The number of hydrogen-bond acceptors (Lipinski definition) is 4. The summed E-state index contributed by atoms with van der Waals surface area (Å²) in [5.74, 6) is 0.923. The molecule has 0 unspecified atom stereocenters. The van der Waals surface area contributed by atoms with E-state index in [1.54, 1.807) is 7.11 Å². The number of aliphatic hydroxyl groups is 1. The van der Waals surface area contributed by atoms with Crippen LogP contribution in [0, 0.1) is 5.41 Å². The molecule has 1 aromatic carbocycles. The van der Waals surface area contributed by atoms with Crippen molar-refractivity contribution in [2.24, 2.45) is 5.41 Å². The van der Waals surface area contributed by atoms with E-state index in [0.717, 1.165) is 24.4 Å². The van der Waals surface area contributed by atoms with Crippen molar-refractivity contribution in [3.63, 3.8) is 0 Å². The zero-order valence-electron chi connectivity index (χ0n) is 11.0. The van der Waals surface area contributed by atoms with Gasteiger partial charge in [-0.15, -0.1) is 0 Å². The average molecular weight is 251 g/mol. The number of aryl methyl sites for hydroxylation is 1. The monoisotopic (exact) mass is 251 g/mol. The molecule has 2 N–H and O–H groups in total. The zero-order valence-corrected chi connectivity index (χ0v) is 11.0. The highest BCUT2D eigenvalue weighted by Crippen LogP contribution is 2.28. The predicted octanol–water partition coefficient (Wildman–Crippen LogP) is 1.68. The molecule has 0 spiro atoms. The Morgan fingerprint density at radius 1 is 1.44 bits per heavy atom. The minimum Gasteiger partial charge on any atom is -0.496 e. The Bertz CT molecular complexity index is 397. The number of ether oxygens (including phenoxy) is 2. The normalized spacial score (nSPS) is 17.1. The maximum Gasteiger partial charge on any atom is 0.122 e. The van der Waals surface area contributed by atoms with Gasteiger partial charge in [-0.2, -0.15) is 0 Å². The van der Waals surface area contributed by atoms with E-state index in [1.165, 1.54) is 5.56 Å². The highest BCUT2D eigenvalue weighted by atomic mass is 16.5. The summed E-state index contributed by atoms with van der Waals surface area (Å²) in [4.78, 5) is 0. The summed E-state index contributed by atoms with van der Waals surface area (Å²) in [5, 5.41) is 12.7. The SMILES string of the molecule is CCc1cc(NCC2(CO)COC2)ccc1OC. The van der Waals surface area contributed by atoms with E-state index in [1.807, 2.05) is 12.1 Å². The Hall–Kier alpha value is -1.26. The standard InChI is InChI=1S/C14H21NO3/c1-3-11-6-12(4-5-13(11)17-2)15-7-14(8-16)9-18-10-14/h4-6,15-16H,3,7-10H2,1-2H3. The molecule has 1 aromatic rings. The van der Waals surface area contributed by atoms with Crippen molar-refractivity contribution in [3.05, 3.63) is 23.8 Å². The van der Waals surface area contributed by atoms with Crippen LogP contribution in [0.4, 0.5) is 5.69 Å². The third kappa shape index (κ3) is 2.60. The van der Waals surface area contributed by atoms with Gasteiger partial charge in [-0.25, -0.2) is 0 Å². The Morgan fingerprint density at radius 2 is 2.22 bits per heavy atom. The molecule has 1 aliphatic rings. The average Bonchev–Trinajstić information content (AvgIpc) is 2.37. The van der Waals surface area contributed by atoms with Gasteiger partial charge in [0.1, 0.15) is 5.75 Å². The first-order valence-corrected chi connectivity index (χ1v) is 6.32. The Labute approximate surface area is 108 Å². The minimum atomic E-state index is -0.105. The third-order valence-electron chi connectivity index (χ3n) is 3.48. The molecule has 1 fully saturated rings. The summed E-state index contributed by atoms with van der Waals surface area (Å²) < 4.78 is 10.5. The largest absolute Gasteiger partial charge is 0.496 e. The van der Waals surface area contributed by atoms with E-state index in [0.29, 0.717) is 13.2 Å². The van der Waals surface area contributed by atoms with Crippen molar-refractivity contribution in [1.82, 2.24) is 0 Å². The summed E-state index contributed by atoms with van der Waals surface area (Å²) in [6.07, 6.45) is 0.937. The Kier molecular flexibility index (Phi) is 4.09. The van der Waals surface area contributed by atoms with E-state index in [9.17, 15) is 5.11 Å². The lowest BCUT2D eigenvalue weighted by Crippen LogP contribution is -2.50. The fourth-order valence-corrected chi connectivity index (χ4v) is 2.09. The zero-order chi connectivity index (χ0) is 13.0. The molecule has 4 heteroatoms. The molecule has 18 heavy (non-hydrogen) atoms. The van der Waals surface area contributed by atoms with Gasteiger partial charge in [0.15, 0.2) is 0 Å². The second kappa shape index (κ2) is 5.59. The summed E-state index contributed by atoms with van der Waals surface area (Å²) in [5.41, 5.74) is 2.14. The lowest BCUT2D eigenvalue weighted by atomic mass is 9.87. The van der Waals surface area contributed by atoms with Crippen LogP contribution in [-0.2, 0) is 11.2 Å². The molecule has 0 amide bonds. The first kappa shape index (κ1) is 13.2. The number of methoxy groups -OCH3 is 1. The van der Waals surface area contributed by atoms with Crippen LogP contribution in [0.15, 0.2) is 18.2 Å². The molecule has 1 saturated heterocycles. The topological polar surface area (TPSA) is 50.7 Å². The molecular formula is C14H21NO3. The van der Waals surface area contributed by atoms with Gasteiger partial charge in [0.2, 0.25) is 0 Å². The van der Waals surface area contributed by atoms with Crippen molar-refractivity contribution in [1.29, 1.82) is 0 Å². The molecule has 4 nitrogen and oxygen atoms in total. The van der Waals surface area contributed by atoms with Gasteiger partial charge in [-0.1, -0.05) is 6.92 Å². The van der Waals surface area contributed by atoms with E-state index < -0.39 is 0 Å². The lowest BCUT2D eigenvalue weighted by molar-refractivity contribution is -0.128. The highest BCUT2D eigenvalue weighted by Gasteiger charge is 2.37. The minimum absolute atomic E-state index is 0.105. The number of nitrogens with one attached hydrogen (secondary N) is 1. The summed E-state index contributed by atoms with van der Waals surface area (Å²) in [6.45, 7) is 4.27. The molecule has 1 aliphatic heterocycles. The molecule has 0 bridgehead atoms. The number of rotatable bonds is 6. The van der Waals surface area contributed by atoms with Crippen molar-refractivity contribution in [2.75, 3.05) is 38.8 Å². The number of benzene rings is 1. The van der Waals surface area contributed by atoms with Gasteiger partial charge >= 0.3 is 0 Å². The van der Waals surface area contributed by atoms with Crippen molar-refractivity contribution >= 4 is 5.69 Å². The van der Waals surface area contributed by atoms with E-state index in [4.69, 9.17) is 9.47 Å². The molecule has 0 aromatic heterocycles. The van der Waals surface area contributed by atoms with Crippen molar-refractivity contribution < 1.29 is 14.6 Å². The molecule has 2 rings (SSSR count). The van der Waals surface area contributed by atoms with E-state index in [-0.39, 0.29) is 12.0 Å². The fourth-order valence-electron chi connectivity index (χ4n) is 2.09. The molecule has 0 radical (unpaired) electrons. The van der Waals surface area contributed by atoms with E-state index >= 15 is 0 Å². The number of aliphatic hydroxyl groups excluding tert-OH is 1. The van der Waals surface area contributed by atoms with Crippen LogP contribution >= 0.6 is 0 Å². The summed E-state index contributed by atoms with van der Waals surface area (Å²) in [7, 11) is 1.69. The second-order valence-corrected chi connectivity index (χ2v) is 4.88. The Morgan fingerprint density at radius 3 is 2.72 bits per heavy atom. The van der Waals surface area contributed by atoms with Crippen LogP contribution in [0.2, 0.25) is 0 Å². The van der Waals surface area contributed by atoms with Gasteiger partial charge in [-0.05, 0) is 30.2 Å². The molecule has 1 heterocycles. The maximum atomic E-state index is 9.36. The van der Waals surface area contributed by atoms with Gasteiger partial charge in [-0.3, -0.25) is 0 Å². The van der Waals surface area contributed by atoms with Gasteiger partial charge in [0.05, 0.1) is 32.3 Å². The van der Waals surface area contributed by atoms with Crippen LogP contribution in [0.5, 0.6) is 5.75 Å². The third-order valence-corrected chi connectivity index (χ3v) is 3.48. The van der Waals surface area contributed by atoms with Crippen molar-refractivity contribution in [2.45, 2.75) is 13.3 Å². The first-order chi connectivity index (χ1) is 8.73. The molecule has 0 aliphatic carbocycles. The van der Waals surface area contributed by atoms with Crippen molar-refractivity contribution in [3.8, 4) is 5.75 Å². The molecule has 0 atom stereocenters. The quantitative estimate of drug-likeness (QED) is 0.807. The van der Waals surface area contributed by atoms with Gasteiger partial charge in [0.25, 0.3) is 0 Å². The summed E-state index contributed by atoms with van der Waals surface area (Å²) in [6, 6.07) is 6.08. The van der Waals surface area contributed by atoms with Gasteiger partial charge in [0, 0.05) is 12.2 Å². The fraction of sp³-hybridized carbons (Fsp3) is 0.571. The van der Waals surface area contributed by atoms with Crippen LogP contribution < -0.4 is 10.1 Å². The number of anilines is 1. The smallest absolute Gasteiger partial charge is 0.122 e. The summed E-state index contributed by atoms with van der Waals surface area (Å²) >= 11 is 0. The second-order valence-electron chi connectivity index (χ2n) is 4.88. The van der Waals surface area contributed by atoms with Crippen LogP contribution in [0.3, 0.4) is 0 Å². The lowest BCUT2D eigenvalue weighted by Gasteiger charge is -2.40. The van der Waals surface area contributed by atoms with Gasteiger partial charge < -0.3 is 19.9 Å². The molecular weight excluding hydrogens is 230 g/mol. The van der Waals surface area contributed by atoms with Crippen LogP contribution in [-0.4, -0.2) is 38.6 Å². The van der Waals surface area contributed by atoms with Crippen LogP contribution in [0.25, 0.3) is 0 Å². The molecule has 100 valence electrons. The Balaban J connectivity index is 2.01. The maximum absolute atomic E-state index is 9.36. The number of hydrogen-bond donors (Lipinski definition) is 2.